The van der Waals surface area contributed by atoms with Gasteiger partial charge in [-0.3, -0.25) is 14.2 Å². The number of nitrogens with one attached hydrogen (secondary N) is 1. The zero-order valence-electron chi connectivity index (χ0n) is 19.2. The lowest BCUT2D eigenvalue weighted by atomic mass is 9.97. The van der Waals surface area contributed by atoms with Gasteiger partial charge in [0.1, 0.15) is 12.4 Å². The number of methoxy groups -OCH3 is 1. The van der Waals surface area contributed by atoms with Gasteiger partial charge in [-0.05, 0) is 44.9 Å². The average Bonchev–Trinajstić information content (AvgIpc) is 2.89. The molecule has 1 heterocycles. The molecule has 3 atom stereocenters. The predicted octanol–water partition coefficient (Wildman–Crippen LogP) is 3.29. The van der Waals surface area contributed by atoms with Crippen molar-refractivity contribution in [1.82, 2.24) is 5.09 Å². The van der Waals surface area contributed by atoms with Gasteiger partial charge >= 0.3 is 13.5 Å². The number of carbonyl (C=O) groups excluding carboxylic acids is 2. The Morgan fingerprint density at radius 2 is 2.00 bits per heavy atom. The number of esters is 1. The highest BCUT2D eigenvalue weighted by Crippen LogP contribution is 2.48. The summed E-state index contributed by atoms with van der Waals surface area (Å²) in [6.07, 6.45) is 7.36. The van der Waals surface area contributed by atoms with Crippen molar-refractivity contribution in [3.63, 3.8) is 0 Å². The molecule has 3 rings (SSSR count). The van der Waals surface area contributed by atoms with E-state index in [0.717, 1.165) is 5.57 Å². The zero-order valence-corrected chi connectivity index (χ0v) is 20.1. The first kappa shape index (κ1) is 24.9. The summed E-state index contributed by atoms with van der Waals surface area (Å²) in [6, 6.07) is 5.81. The quantitative estimate of drug-likeness (QED) is 0.412. The van der Waals surface area contributed by atoms with Crippen LogP contribution < -0.4 is 15.9 Å². The third kappa shape index (κ3) is 5.81. The summed E-state index contributed by atoms with van der Waals surface area (Å²) >= 11 is 0. The molecule has 1 aliphatic heterocycles. The normalized spacial score (nSPS) is 20.0. The molecule has 2 unspecified atom stereocenters. The molecule has 0 spiro atoms. The van der Waals surface area contributed by atoms with Crippen LogP contribution in [-0.2, 0) is 28.3 Å². The summed E-state index contributed by atoms with van der Waals surface area (Å²) in [7, 11) is -2.37. The number of benzene rings is 1. The molecule has 9 nitrogen and oxygen atoms in total. The van der Waals surface area contributed by atoms with Crippen molar-refractivity contribution < 1.29 is 28.3 Å². The number of hydroxylamine groups is 1. The number of amides is 1. The number of rotatable bonds is 9. The number of carbonyl (C=O) groups is 2. The highest BCUT2D eigenvalue weighted by molar-refractivity contribution is 7.56. The van der Waals surface area contributed by atoms with Crippen molar-refractivity contribution in [3.05, 3.63) is 59.7 Å². The fourth-order valence-corrected chi connectivity index (χ4v) is 5.39. The van der Waals surface area contributed by atoms with Gasteiger partial charge in [-0.2, -0.15) is 4.62 Å². The van der Waals surface area contributed by atoms with E-state index in [2.05, 4.69) is 5.09 Å². The van der Waals surface area contributed by atoms with Gasteiger partial charge in [-0.15, -0.1) is 0 Å². The van der Waals surface area contributed by atoms with Crippen molar-refractivity contribution in [3.8, 4) is 0 Å². The van der Waals surface area contributed by atoms with Crippen LogP contribution in [0.4, 0.5) is 5.69 Å². The number of fused-ring (bicyclic) bond motifs is 2. The maximum absolute atomic E-state index is 13.8. The molecule has 33 heavy (non-hydrogen) atoms. The van der Waals surface area contributed by atoms with Crippen LogP contribution in [0.1, 0.15) is 32.8 Å². The number of primary amides is 1. The highest BCUT2D eigenvalue weighted by Gasteiger charge is 2.38. The van der Waals surface area contributed by atoms with Crippen LogP contribution in [-0.4, -0.2) is 43.5 Å². The second-order valence-corrected chi connectivity index (χ2v) is 10.1. The smallest absolute Gasteiger partial charge is 0.323 e. The van der Waals surface area contributed by atoms with Gasteiger partial charge in [-0.25, -0.2) is 10.2 Å². The van der Waals surface area contributed by atoms with Crippen LogP contribution in [0.5, 0.6) is 0 Å². The maximum atomic E-state index is 13.8. The first-order valence-corrected chi connectivity index (χ1v) is 12.5. The first-order chi connectivity index (χ1) is 15.6. The van der Waals surface area contributed by atoms with Crippen molar-refractivity contribution in [2.24, 2.45) is 5.73 Å². The summed E-state index contributed by atoms with van der Waals surface area (Å²) in [5.41, 5.74) is 7.87. The van der Waals surface area contributed by atoms with Crippen molar-refractivity contribution in [1.29, 1.82) is 0 Å². The minimum absolute atomic E-state index is 0.289. The third-order valence-electron chi connectivity index (χ3n) is 5.07. The summed E-state index contributed by atoms with van der Waals surface area (Å²) in [5, 5.41) is 4.29. The van der Waals surface area contributed by atoms with Gasteiger partial charge in [0.25, 0.3) is 0 Å². The van der Waals surface area contributed by atoms with E-state index in [-0.39, 0.29) is 18.5 Å². The summed E-state index contributed by atoms with van der Waals surface area (Å²) in [5.74, 6) is -1.14. The summed E-state index contributed by atoms with van der Waals surface area (Å²) < 4.78 is 30.4. The molecule has 3 N–H and O–H groups in total. The summed E-state index contributed by atoms with van der Waals surface area (Å²) in [6.45, 7) is 5.02. The minimum Gasteiger partial charge on any atom is -0.462 e. The monoisotopic (exact) mass is 475 g/mol. The molecular formula is C23H30N3O6P. The standard InChI is InChI=1S/C23H30N3O6P/c1-15(2)31-23(28)16(3)25-33(29,14-30-4)32-26-20-11-7-5-9-17(20)13-19(22(24)27)18-10-6-8-12-21(18)26/h5-10,12-13,15-16,20H,11,14H2,1-4H3,(H2,24,27)(H,25,29)/t16-,20?,33?/m0/s1. The highest BCUT2D eigenvalue weighted by atomic mass is 31.2. The van der Waals surface area contributed by atoms with Crippen molar-refractivity contribution in [2.45, 2.75) is 45.4 Å². The lowest BCUT2D eigenvalue weighted by Crippen LogP contribution is -2.41. The molecule has 178 valence electrons. The second kappa shape index (κ2) is 10.5. The van der Waals surface area contributed by atoms with Crippen LogP contribution in [0.3, 0.4) is 0 Å². The second-order valence-electron chi connectivity index (χ2n) is 8.12. The Balaban J connectivity index is 2.01. The number of nitrogens with zero attached hydrogens (tertiary/aromatic N) is 1. The molecule has 2 aliphatic rings. The average molecular weight is 475 g/mol. The molecule has 10 heteroatoms. The largest absolute Gasteiger partial charge is 0.462 e. The van der Waals surface area contributed by atoms with Gasteiger partial charge in [0, 0.05) is 18.2 Å². The minimum atomic E-state index is -3.76. The lowest BCUT2D eigenvalue weighted by molar-refractivity contribution is -0.149. The molecule has 0 radical (unpaired) electrons. The molecule has 0 fully saturated rings. The van der Waals surface area contributed by atoms with E-state index in [1.54, 1.807) is 51.1 Å². The van der Waals surface area contributed by atoms with Gasteiger partial charge in [-0.1, -0.05) is 36.4 Å². The van der Waals surface area contributed by atoms with E-state index in [4.69, 9.17) is 19.8 Å². The van der Waals surface area contributed by atoms with Gasteiger partial charge < -0.3 is 15.2 Å². The number of hydrogen-bond donors (Lipinski definition) is 2. The molecule has 1 aliphatic carbocycles. The zero-order chi connectivity index (χ0) is 24.2. The Morgan fingerprint density at radius 3 is 2.67 bits per heavy atom. The van der Waals surface area contributed by atoms with Crippen LogP contribution >= 0.6 is 7.52 Å². The fraction of sp³-hybridized carbons (Fsp3) is 0.391. The number of nitrogens with two attached hydrogens (primary N) is 1. The molecule has 1 aromatic rings. The van der Waals surface area contributed by atoms with Crippen LogP contribution in [0.25, 0.3) is 5.57 Å². The Labute approximate surface area is 193 Å². The number of anilines is 1. The van der Waals surface area contributed by atoms with Gasteiger partial charge in [0.2, 0.25) is 5.91 Å². The van der Waals surface area contributed by atoms with E-state index >= 15 is 0 Å². The molecular weight excluding hydrogens is 445 g/mol. The number of hydrogen-bond acceptors (Lipinski definition) is 7. The molecule has 0 saturated carbocycles. The predicted molar refractivity (Wildman–Crippen MR) is 126 cm³/mol. The number of allylic oxidation sites excluding steroid dienone is 2. The Bertz CT molecular complexity index is 1050. The molecule has 1 aromatic carbocycles. The third-order valence-corrected chi connectivity index (χ3v) is 6.89. The van der Waals surface area contributed by atoms with Crippen LogP contribution in [0.15, 0.2) is 54.1 Å². The van der Waals surface area contributed by atoms with Crippen molar-refractivity contribution >= 4 is 30.7 Å². The van der Waals surface area contributed by atoms with E-state index in [1.807, 2.05) is 18.2 Å². The molecule has 1 amide bonds. The Hall–Kier alpha value is -2.71. The van der Waals surface area contributed by atoms with Crippen LogP contribution in [0, 0.1) is 0 Å². The summed E-state index contributed by atoms with van der Waals surface area (Å²) in [4.78, 5) is 24.6. The van der Waals surface area contributed by atoms with E-state index in [0.29, 0.717) is 23.2 Å². The van der Waals surface area contributed by atoms with Gasteiger partial charge in [0.05, 0.1) is 17.8 Å². The Kier molecular flexibility index (Phi) is 7.92. The topological polar surface area (TPSA) is 120 Å². The van der Waals surface area contributed by atoms with Crippen molar-refractivity contribution in [2.75, 3.05) is 18.5 Å². The van der Waals surface area contributed by atoms with E-state index < -0.39 is 25.4 Å². The fourth-order valence-electron chi connectivity index (χ4n) is 3.70. The van der Waals surface area contributed by atoms with Crippen LogP contribution in [0.2, 0.25) is 0 Å². The lowest BCUT2D eigenvalue weighted by Gasteiger charge is -2.36. The first-order valence-electron chi connectivity index (χ1n) is 10.7. The van der Waals surface area contributed by atoms with E-state index in [1.165, 1.54) is 12.2 Å². The molecule has 0 aromatic heterocycles. The molecule has 0 saturated heterocycles. The number of ether oxygens (including phenoxy) is 2. The van der Waals surface area contributed by atoms with E-state index in [9.17, 15) is 14.2 Å². The Morgan fingerprint density at radius 1 is 1.27 bits per heavy atom. The molecule has 0 bridgehead atoms. The SMILES string of the molecule is COCP(=O)(N[C@@H](C)C(=O)OC(C)C)ON1c2ccccc2C(C(N)=O)=CC2=CC=CCC21. The van der Waals surface area contributed by atoms with Gasteiger partial charge in [0.15, 0.2) is 0 Å². The number of para-hydroxylation sites is 1. The maximum Gasteiger partial charge on any atom is 0.323 e.